The molecule has 0 aliphatic carbocycles. The van der Waals surface area contributed by atoms with Gasteiger partial charge in [-0.1, -0.05) is 29.8 Å². The van der Waals surface area contributed by atoms with Crippen molar-refractivity contribution in [3.63, 3.8) is 0 Å². The van der Waals surface area contributed by atoms with Gasteiger partial charge in [0, 0.05) is 11.1 Å². The maximum atomic E-state index is 14.2. The van der Waals surface area contributed by atoms with Gasteiger partial charge in [-0.3, -0.25) is 0 Å². The minimum Gasteiger partial charge on any atom is -0.494 e. The summed E-state index contributed by atoms with van der Waals surface area (Å²) in [5.74, 6) is 0.369. The lowest BCUT2D eigenvalue weighted by Crippen LogP contribution is -2.15. The number of hydrogen-bond acceptors (Lipinski definition) is 2. The largest absolute Gasteiger partial charge is 0.494 e. The minimum absolute atomic E-state index is 0.330. The van der Waals surface area contributed by atoms with E-state index in [2.05, 4.69) is 15.9 Å². The molecule has 2 aromatic carbocycles. The molecule has 0 saturated carbocycles. The second-order valence-corrected chi connectivity index (χ2v) is 5.45. The van der Waals surface area contributed by atoms with Crippen molar-refractivity contribution >= 4 is 15.9 Å². The highest BCUT2D eigenvalue weighted by molar-refractivity contribution is 9.10. The van der Waals surface area contributed by atoms with Gasteiger partial charge >= 0.3 is 0 Å². The highest BCUT2D eigenvalue weighted by Gasteiger charge is 2.19. The SMILES string of the molecule is CCOc1ccc(C)cc1C(N)c1cccc(Br)c1F. The summed E-state index contributed by atoms with van der Waals surface area (Å²) in [6.45, 7) is 4.43. The zero-order valence-electron chi connectivity index (χ0n) is 11.5. The molecule has 0 heterocycles. The normalized spacial score (nSPS) is 12.2. The van der Waals surface area contributed by atoms with Crippen LogP contribution in [0, 0.1) is 12.7 Å². The quantitative estimate of drug-likeness (QED) is 0.900. The lowest BCUT2D eigenvalue weighted by atomic mass is 9.97. The van der Waals surface area contributed by atoms with Crippen LogP contribution in [0.25, 0.3) is 0 Å². The molecule has 0 aliphatic rings. The monoisotopic (exact) mass is 337 g/mol. The van der Waals surface area contributed by atoms with Crippen molar-refractivity contribution in [2.24, 2.45) is 5.73 Å². The van der Waals surface area contributed by atoms with Gasteiger partial charge in [0.1, 0.15) is 11.6 Å². The molecule has 0 aliphatic heterocycles. The smallest absolute Gasteiger partial charge is 0.142 e. The van der Waals surface area contributed by atoms with Crippen LogP contribution >= 0.6 is 15.9 Å². The van der Waals surface area contributed by atoms with Crippen LogP contribution in [0.3, 0.4) is 0 Å². The molecule has 0 spiro atoms. The molecule has 2 rings (SSSR count). The summed E-state index contributed by atoms with van der Waals surface area (Å²) in [7, 11) is 0. The maximum Gasteiger partial charge on any atom is 0.142 e. The van der Waals surface area contributed by atoms with E-state index in [4.69, 9.17) is 10.5 Å². The average Bonchev–Trinajstić information content (AvgIpc) is 2.43. The summed E-state index contributed by atoms with van der Waals surface area (Å²) in [5, 5.41) is 0. The summed E-state index contributed by atoms with van der Waals surface area (Å²) in [6.07, 6.45) is 0. The molecule has 0 bridgehead atoms. The fraction of sp³-hybridized carbons (Fsp3) is 0.250. The van der Waals surface area contributed by atoms with Gasteiger partial charge in [-0.25, -0.2) is 4.39 Å². The molecule has 0 fully saturated rings. The topological polar surface area (TPSA) is 35.2 Å². The van der Waals surface area contributed by atoms with Crippen molar-refractivity contribution in [3.05, 3.63) is 63.4 Å². The lowest BCUT2D eigenvalue weighted by Gasteiger charge is -2.18. The van der Waals surface area contributed by atoms with Crippen molar-refractivity contribution in [1.82, 2.24) is 0 Å². The second-order valence-electron chi connectivity index (χ2n) is 4.60. The molecular formula is C16H17BrFNO. The van der Waals surface area contributed by atoms with E-state index in [0.717, 1.165) is 11.1 Å². The number of rotatable bonds is 4. The Balaban J connectivity index is 2.49. The van der Waals surface area contributed by atoms with E-state index >= 15 is 0 Å². The molecule has 20 heavy (non-hydrogen) atoms. The van der Waals surface area contributed by atoms with Crippen molar-refractivity contribution in [1.29, 1.82) is 0 Å². The van der Waals surface area contributed by atoms with Gasteiger partial charge in [0.25, 0.3) is 0 Å². The standard InChI is InChI=1S/C16H17BrFNO/c1-3-20-14-8-7-10(2)9-12(14)16(19)11-5-4-6-13(17)15(11)18/h4-9,16H,3,19H2,1-2H3. The summed E-state index contributed by atoms with van der Waals surface area (Å²) < 4.78 is 20.2. The Morgan fingerprint density at radius 2 is 2.00 bits per heavy atom. The second kappa shape index (κ2) is 6.37. The molecule has 1 atom stereocenters. The number of nitrogens with two attached hydrogens (primary N) is 1. The Morgan fingerprint density at radius 3 is 2.70 bits per heavy atom. The van der Waals surface area contributed by atoms with Crippen LogP contribution in [-0.4, -0.2) is 6.61 Å². The molecule has 106 valence electrons. The van der Waals surface area contributed by atoms with E-state index in [1.807, 2.05) is 32.0 Å². The van der Waals surface area contributed by atoms with Crippen LogP contribution in [0.4, 0.5) is 4.39 Å². The third-order valence-electron chi connectivity index (χ3n) is 3.12. The highest BCUT2D eigenvalue weighted by Crippen LogP contribution is 2.32. The first kappa shape index (κ1) is 15.0. The minimum atomic E-state index is -0.561. The molecule has 2 aromatic rings. The molecule has 1 unspecified atom stereocenters. The van der Waals surface area contributed by atoms with E-state index in [0.29, 0.717) is 22.4 Å². The van der Waals surface area contributed by atoms with Crippen LogP contribution in [0.15, 0.2) is 40.9 Å². The molecular weight excluding hydrogens is 321 g/mol. The van der Waals surface area contributed by atoms with Crippen LogP contribution in [0.2, 0.25) is 0 Å². The van der Waals surface area contributed by atoms with Gasteiger partial charge in [0.15, 0.2) is 0 Å². The van der Waals surface area contributed by atoms with E-state index < -0.39 is 6.04 Å². The molecule has 2 N–H and O–H groups in total. The Hall–Kier alpha value is -1.39. The van der Waals surface area contributed by atoms with Gasteiger partial charge < -0.3 is 10.5 Å². The zero-order chi connectivity index (χ0) is 14.7. The predicted octanol–water partition coefficient (Wildman–Crippen LogP) is 4.34. The van der Waals surface area contributed by atoms with Gasteiger partial charge in [-0.05, 0) is 41.9 Å². The summed E-state index contributed by atoms with van der Waals surface area (Å²) in [5.41, 5.74) is 8.55. The first-order valence-electron chi connectivity index (χ1n) is 6.47. The van der Waals surface area contributed by atoms with E-state index in [-0.39, 0.29) is 5.82 Å². The third-order valence-corrected chi connectivity index (χ3v) is 3.73. The molecule has 4 heteroatoms. The molecule has 0 saturated heterocycles. The van der Waals surface area contributed by atoms with Crippen molar-refractivity contribution in [2.45, 2.75) is 19.9 Å². The first-order valence-corrected chi connectivity index (χ1v) is 7.26. The van der Waals surface area contributed by atoms with Gasteiger partial charge in [-0.15, -0.1) is 0 Å². The predicted molar refractivity (Wildman–Crippen MR) is 82.5 cm³/mol. The molecule has 2 nitrogen and oxygen atoms in total. The Labute approximate surface area is 126 Å². The summed E-state index contributed by atoms with van der Waals surface area (Å²) >= 11 is 3.19. The van der Waals surface area contributed by atoms with Crippen LogP contribution < -0.4 is 10.5 Å². The van der Waals surface area contributed by atoms with Gasteiger partial charge in [0.2, 0.25) is 0 Å². The van der Waals surface area contributed by atoms with Crippen molar-refractivity contribution < 1.29 is 9.13 Å². The first-order chi connectivity index (χ1) is 9.54. The lowest BCUT2D eigenvalue weighted by molar-refractivity contribution is 0.335. The molecule has 0 radical (unpaired) electrons. The maximum absolute atomic E-state index is 14.2. The summed E-state index contributed by atoms with van der Waals surface area (Å²) in [6, 6.07) is 10.3. The number of hydrogen-bond donors (Lipinski definition) is 1. The fourth-order valence-corrected chi connectivity index (χ4v) is 2.51. The fourth-order valence-electron chi connectivity index (χ4n) is 2.13. The van der Waals surface area contributed by atoms with E-state index in [1.165, 1.54) is 0 Å². The van der Waals surface area contributed by atoms with Crippen LogP contribution in [0.1, 0.15) is 29.7 Å². The van der Waals surface area contributed by atoms with Crippen molar-refractivity contribution in [3.8, 4) is 5.75 Å². The Morgan fingerprint density at radius 1 is 1.25 bits per heavy atom. The Kier molecular flexibility index (Phi) is 4.78. The Bertz CT molecular complexity index is 615. The van der Waals surface area contributed by atoms with Gasteiger partial charge in [0.05, 0.1) is 17.1 Å². The van der Waals surface area contributed by atoms with Gasteiger partial charge in [-0.2, -0.15) is 0 Å². The third kappa shape index (κ3) is 3.02. The molecule has 0 amide bonds. The van der Waals surface area contributed by atoms with Crippen molar-refractivity contribution in [2.75, 3.05) is 6.61 Å². The zero-order valence-corrected chi connectivity index (χ0v) is 13.1. The van der Waals surface area contributed by atoms with Crippen LogP contribution in [0.5, 0.6) is 5.75 Å². The number of aryl methyl sites for hydroxylation is 1. The number of halogens is 2. The van der Waals surface area contributed by atoms with E-state index in [9.17, 15) is 4.39 Å². The summed E-state index contributed by atoms with van der Waals surface area (Å²) in [4.78, 5) is 0. The van der Waals surface area contributed by atoms with Crippen LogP contribution in [-0.2, 0) is 0 Å². The highest BCUT2D eigenvalue weighted by atomic mass is 79.9. The number of ether oxygens (including phenoxy) is 1. The van der Waals surface area contributed by atoms with E-state index in [1.54, 1.807) is 18.2 Å². The molecule has 0 aromatic heterocycles. The average molecular weight is 338 g/mol. The number of benzene rings is 2.